The average molecular weight is 459 g/mol. The van der Waals surface area contributed by atoms with Crippen LogP contribution in [0.1, 0.15) is 16.2 Å². The second kappa shape index (κ2) is 8.77. The van der Waals surface area contributed by atoms with Gasteiger partial charge < -0.3 is 10.2 Å². The minimum absolute atomic E-state index is 0.0849. The largest absolute Gasteiger partial charge is 0.320 e. The van der Waals surface area contributed by atoms with E-state index in [9.17, 15) is 17.6 Å². The number of benzene rings is 2. The molecule has 0 unspecified atom stereocenters. The number of halogens is 1. The number of rotatable bonds is 5. The molecule has 11 heteroatoms. The van der Waals surface area contributed by atoms with Crippen LogP contribution in [0.3, 0.4) is 0 Å². The fraction of sp³-hybridized carbons (Fsp3) is 0.286. The van der Waals surface area contributed by atoms with Gasteiger partial charge in [0, 0.05) is 31.9 Å². The molecule has 1 saturated heterocycles. The van der Waals surface area contributed by atoms with E-state index >= 15 is 0 Å². The number of hydrogen-bond acceptors (Lipinski definition) is 6. The van der Waals surface area contributed by atoms with Gasteiger partial charge in [0.15, 0.2) is 5.69 Å². The first kappa shape index (κ1) is 22.1. The first-order valence-electron chi connectivity index (χ1n) is 10.0. The topological polar surface area (TPSA) is 100 Å². The van der Waals surface area contributed by atoms with Crippen LogP contribution < -0.4 is 5.32 Å². The Kier molecular flexibility index (Phi) is 6.04. The molecule has 0 saturated carbocycles. The number of piperazine rings is 1. The summed E-state index contributed by atoms with van der Waals surface area (Å²) in [4.78, 5) is 15.0. The lowest BCUT2D eigenvalue weighted by atomic mass is 10.2. The molecule has 0 bridgehead atoms. The van der Waals surface area contributed by atoms with Gasteiger partial charge in [-0.15, -0.1) is 5.10 Å². The molecule has 1 aromatic heterocycles. The lowest BCUT2D eigenvalue weighted by Gasteiger charge is -2.31. The number of anilines is 1. The Morgan fingerprint density at radius 3 is 2.44 bits per heavy atom. The van der Waals surface area contributed by atoms with Crippen molar-refractivity contribution in [1.82, 2.24) is 24.2 Å². The molecule has 1 fully saturated rings. The Labute approximate surface area is 185 Å². The normalized spacial score (nSPS) is 15.6. The zero-order chi connectivity index (χ0) is 22.9. The Bertz CT molecular complexity index is 1230. The van der Waals surface area contributed by atoms with Crippen molar-refractivity contribution >= 4 is 21.6 Å². The molecule has 0 atom stereocenters. The van der Waals surface area contributed by atoms with E-state index in [0.717, 1.165) is 0 Å². The summed E-state index contributed by atoms with van der Waals surface area (Å²) in [5, 5.41) is 10.6. The van der Waals surface area contributed by atoms with Crippen molar-refractivity contribution < 1.29 is 17.6 Å². The third kappa shape index (κ3) is 4.40. The standard InChI is InChI=1S/C21H23FN6O3S/c1-15-20(24-25-28(15)18-8-6-16(22)7-9-18)21(29)23-17-4-3-5-19(14-17)32(30,31)27-12-10-26(2)11-13-27/h3-9,14H,10-13H2,1-2H3,(H,23,29). The Morgan fingerprint density at radius 2 is 1.75 bits per heavy atom. The van der Waals surface area contributed by atoms with Crippen LogP contribution in [0.25, 0.3) is 5.69 Å². The van der Waals surface area contributed by atoms with E-state index < -0.39 is 15.9 Å². The molecule has 4 rings (SSSR count). The lowest BCUT2D eigenvalue weighted by molar-refractivity contribution is 0.102. The van der Waals surface area contributed by atoms with Crippen molar-refractivity contribution in [2.24, 2.45) is 0 Å². The number of likely N-dealkylation sites (N-methyl/N-ethyl adjacent to an activating group) is 1. The number of nitrogens with zero attached hydrogens (tertiary/aromatic N) is 5. The van der Waals surface area contributed by atoms with Crippen LogP contribution in [0.15, 0.2) is 53.4 Å². The van der Waals surface area contributed by atoms with E-state index in [1.807, 2.05) is 7.05 Å². The summed E-state index contributed by atoms with van der Waals surface area (Å²) >= 11 is 0. The number of hydrogen-bond donors (Lipinski definition) is 1. The van der Waals surface area contributed by atoms with Crippen molar-refractivity contribution in [2.45, 2.75) is 11.8 Å². The summed E-state index contributed by atoms with van der Waals surface area (Å²) in [5.41, 5.74) is 1.45. The van der Waals surface area contributed by atoms with Gasteiger partial charge in [-0.2, -0.15) is 4.31 Å². The molecule has 0 radical (unpaired) electrons. The van der Waals surface area contributed by atoms with E-state index in [1.54, 1.807) is 19.1 Å². The van der Waals surface area contributed by atoms with Gasteiger partial charge in [-0.25, -0.2) is 17.5 Å². The summed E-state index contributed by atoms with van der Waals surface area (Å²) in [6.07, 6.45) is 0. The first-order chi connectivity index (χ1) is 15.3. The van der Waals surface area contributed by atoms with Gasteiger partial charge in [0.05, 0.1) is 16.3 Å². The minimum atomic E-state index is -3.66. The Balaban J connectivity index is 1.53. The number of sulfonamides is 1. The molecule has 1 aliphatic rings. The molecule has 1 N–H and O–H groups in total. The van der Waals surface area contributed by atoms with Crippen LogP contribution in [0, 0.1) is 12.7 Å². The Morgan fingerprint density at radius 1 is 1.06 bits per heavy atom. The van der Waals surface area contributed by atoms with E-state index in [-0.39, 0.29) is 16.4 Å². The van der Waals surface area contributed by atoms with Gasteiger partial charge in [0.1, 0.15) is 5.82 Å². The fourth-order valence-corrected chi connectivity index (χ4v) is 4.94. The number of carbonyl (C=O) groups excluding carboxylic acids is 1. The van der Waals surface area contributed by atoms with Crippen molar-refractivity contribution in [3.8, 4) is 5.69 Å². The highest BCUT2D eigenvalue weighted by molar-refractivity contribution is 7.89. The van der Waals surface area contributed by atoms with Crippen LogP contribution >= 0.6 is 0 Å². The molecular formula is C21H23FN6O3S. The van der Waals surface area contributed by atoms with Crippen molar-refractivity contribution in [3.63, 3.8) is 0 Å². The summed E-state index contributed by atoms with van der Waals surface area (Å²) < 4.78 is 42.0. The maximum atomic E-state index is 13.2. The zero-order valence-corrected chi connectivity index (χ0v) is 18.5. The van der Waals surface area contributed by atoms with Crippen LogP contribution in [-0.4, -0.2) is 71.8 Å². The third-order valence-electron chi connectivity index (χ3n) is 5.37. The first-order valence-corrected chi connectivity index (χ1v) is 11.5. The quantitative estimate of drug-likeness (QED) is 0.627. The maximum absolute atomic E-state index is 13.2. The highest BCUT2D eigenvalue weighted by atomic mass is 32.2. The van der Waals surface area contributed by atoms with E-state index in [1.165, 1.54) is 45.4 Å². The number of aromatic nitrogens is 3. The highest BCUT2D eigenvalue weighted by Gasteiger charge is 2.28. The van der Waals surface area contributed by atoms with Gasteiger partial charge in [0.2, 0.25) is 10.0 Å². The summed E-state index contributed by atoms with van der Waals surface area (Å²) in [7, 11) is -1.71. The van der Waals surface area contributed by atoms with Gasteiger partial charge in [-0.05, 0) is 56.4 Å². The maximum Gasteiger partial charge on any atom is 0.278 e. The van der Waals surface area contributed by atoms with Crippen LogP contribution in [0.2, 0.25) is 0 Å². The molecule has 32 heavy (non-hydrogen) atoms. The van der Waals surface area contributed by atoms with Crippen LogP contribution in [-0.2, 0) is 10.0 Å². The molecule has 1 amide bonds. The molecule has 168 valence electrons. The summed E-state index contributed by atoms with van der Waals surface area (Å²) in [6, 6.07) is 11.8. The molecular weight excluding hydrogens is 435 g/mol. The second-order valence-electron chi connectivity index (χ2n) is 7.60. The van der Waals surface area contributed by atoms with Crippen molar-refractivity contribution in [1.29, 1.82) is 0 Å². The molecule has 1 aliphatic heterocycles. The molecule has 0 aliphatic carbocycles. The summed E-state index contributed by atoms with van der Waals surface area (Å²) in [6.45, 7) is 3.84. The Hall–Kier alpha value is -3.15. The second-order valence-corrected chi connectivity index (χ2v) is 9.54. The lowest BCUT2D eigenvalue weighted by Crippen LogP contribution is -2.47. The molecule has 9 nitrogen and oxygen atoms in total. The predicted octanol–water partition coefficient (Wildman–Crippen LogP) is 1.90. The van der Waals surface area contributed by atoms with E-state index in [0.29, 0.717) is 43.2 Å². The monoisotopic (exact) mass is 458 g/mol. The molecule has 2 heterocycles. The third-order valence-corrected chi connectivity index (χ3v) is 7.27. The van der Waals surface area contributed by atoms with Gasteiger partial charge in [-0.3, -0.25) is 4.79 Å². The number of carbonyl (C=O) groups is 1. The minimum Gasteiger partial charge on any atom is -0.320 e. The van der Waals surface area contributed by atoms with E-state index in [2.05, 4.69) is 20.5 Å². The average Bonchev–Trinajstić information content (AvgIpc) is 3.16. The molecule has 2 aromatic carbocycles. The van der Waals surface area contributed by atoms with E-state index in [4.69, 9.17) is 0 Å². The van der Waals surface area contributed by atoms with Crippen molar-refractivity contribution in [3.05, 3.63) is 65.7 Å². The van der Waals surface area contributed by atoms with Gasteiger partial charge in [0.25, 0.3) is 5.91 Å². The van der Waals surface area contributed by atoms with Crippen molar-refractivity contribution in [2.75, 3.05) is 38.5 Å². The SMILES string of the molecule is Cc1c(C(=O)Nc2cccc(S(=O)(=O)N3CCN(C)CC3)c2)nnn1-c1ccc(F)cc1. The predicted molar refractivity (Wildman–Crippen MR) is 117 cm³/mol. The number of nitrogens with one attached hydrogen (secondary N) is 1. The number of amides is 1. The molecule has 3 aromatic rings. The van der Waals surface area contributed by atoms with Crippen LogP contribution in [0.4, 0.5) is 10.1 Å². The smallest absolute Gasteiger partial charge is 0.278 e. The van der Waals surface area contributed by atoms with Crippen LogP contribution in [0.5, 0.6) is 0 Å². The van der Waals surface area contributed by atoms with Gasteiger partial charge in [-0.1, -0.05) is 11.3 Å². The molecule has 0 spiro atoms. The summed E-state index contributed by atoms with van der Waals surface area (Å²) in [5.74, 6) is -0.902. The fourth-order valence-electron chi connectivity index (χ4n) is 3.47. The highest BCUT2D eigenvalue weighted by Crippen LogP contribution is 2.22. The van der Waals surface area contributed by atoms with Gasteiger partial charge >= 0.3 is 0 Å². The zero-order valence-electron chi connectivity index (χ0n) is 17.7.